The molecular weight excluding hydrogens is 270 g/mol. The Bertz CT molecular complexity index is 616. The number of amides is 1. The van der Waals surface area contributed by atoms with Crippen molar-refractivity contribution in [3.05, 3.63) is 30.6 Å². The lowest BCUT2D eigenvalue weighted by Gasteiger charge is -2.20. The standard InChI is InChI=1S/C15H19N3O3/c1-15(2,3)21-14(19)18-12-6-5-10(7-13(12)20-4)11-8-16-17-9-11/h5-9H,1-4H3,(H,16,17)(H,18,19). The van der Waals surface area contributed by atoms with E-state index in [0.717, 1.165) is 11.1 Å². The maximum Gasteiger partial charge on any atom is 0.412 e. The molecule has 0 unspecified atom stereocenters. The molecule has 0 atom stereocenters. The zero-order chi connectivity index (χ0) is 15.5. The van der Waals surface area contributed by atoms with Gasteiger partial charge >= 0.3 is 6.09 Å². The summed E-state index contributed by atoms with van der Waals surface area (Å²) >= 11 is 0. The van der Waals surface area contributed by atoms with Crippen molar-refractivity contribution in [2.45, 2.75) is 26.4 Å². The molecule has 0 bridgehead atoms. The number of hydrogen-bond donors (Lipinski definition) is 2. The van der Waals surface area contributed by atoms with Crippen LogP contribution < -0.4 is 10.1 Å². The molecule has 0 aliphatic heterocycles. The van der Waals surface area contributed by atoms with Gasteiger partial charge < -0.3 is 9.47 Å². The first-order valence-electron chi connectivity index (χ1n) is 6.56. The summed E-state index contributed by atoms with van der Waals surface area (Å²) in [6, 6.07) is 5.47. The summed E-state index contributed by atoms with van der Waals surface area (Å²) in [5, 5.41) is 9.35. The van der Waals surface area contributed by atoms with E-state index in [1.807, 2.05) is 32.9 Å². The molecule has 21 heavy (non-hydrogen) atoms. The highest BCUT2D eigenvalue weighted by molar-refractivity contribution is 5.88. The van der Waals surface area contributed by atoms with Crippen molar-refractivity contribution in [3.63, 3.8) is 0 Å². The largest absolute Gasteiger partial charge is 0.495 e. The number of aromatic amines is 1. The van der Waals surface area contributed by atoms with Gasteiger partial charge in [0, 0.05) is 11.8 Å². The van der Waals surface area contributed by atoms with Gasteiger partial charge in [-0.05, 0) is 38.5 Å². The molecule has 1 amide bonds. The summed E-state index contributed by atoms with van der Waals surface area (Å²) in [7, 11) is 1.55. The second-order valence-corrected chi connectivity index (χ2v) is 5.53. The highest BCUT2D eigenvalue weighted by atomic mass is 16.6. The molecule has 0 radical (unpaired) electrons. The topological polar surface area (TPSA) is 76.2 Å². The Morgan fingerprint density at radius 2 is 2.05 bits per heavy atom. The van der Waals surface area contributed by atoms with Gasteiger partial charge in [0.25, 0.3) is 0 Å². The molecule has 0 fully saturated rings. The average molecular weight is 289 g/mol. The van der Waals surface area contributed by atoms with E-state index >= 15 is 0 Å². The highest BCUT2D eigenvalue weighted by Gasteiger charge is 2.17. The van der Waals surface area contributed by atoms with Crippen molar-refractivity contribution < 1.29 is 14.3 Å². The molecule has 1 heterocycles. The van der Waals surface area contributed by atoms with E-state index in [1.165, 1.54) is 0 Å². The van der Waals surface area contributed by atoms with E-state index in [9.17, 15) is 4.79 Å². The number of methoxy groups -OCH3 is 1. The van der Waals surface area contributed by atoms with Gasteiger partial charge in [0.15, 0.2) is 0 Å². The second kappa shape index (κ2) is 5.87. The van der Waals surface area contributed by atoms with Crippen LogP contribution in [0.1, 0.15) is 20.8 Å². The van der Waals surface area contributed by atoms with Crippen molar-refractivity contribution in [2.75, 3.05) is 12.4 Å². The van der Waals surface area contributed by atoms with Gasteiger partial charge in [0.05, 0.1) is 19.0 Å². The predicted octanol–water partition coefficient (Wildman–Crippen LogP) is 3.43. The van der Waals surface area contributed by atoms with Crippen LogP contribution in [-0.2, 0) is 4.74 Å². The first-order valence-corrected chi connectivity index (χ1v) is 6.56. The van der Waals surface area contributed by atoms with E-state index in [4.69, 9.17) is 9.47 Å². The molecule has 0 saturated heterocycles. The Morgan fingerprint density at radius 3 is 2.62 bits per heavy atom. The lowest BCUT2D eigenvalue weighted by molar-refractivity contribution is 0.0635. The number of nitrogens with zero attached hydrogens (tertiary/aromatic N) is 1. The van der Waals surface area contributed by atoms with Crippen LogP contribution in [-0.4, -0.2) is 29.0 Å². The molecule has 112 valence electrons. The van der Waals surface area contributed by atoms with Gasteiger partial charge in [-0.15, -0.1) is 0 Å². The number of carbonyl (C=O) groups is 1. The van der Waals surface area contributed by atoms with Crippen molar-refractivity contribution in [2.24, 2.45) is 0 Å². The zero-order valence-electron chi connectivity index (χ0n) is 12.6. The molecule has 1 aromatic carbocycles. The van der Waals surface area contributed by atoms with Gasteiger partial charge in [-0.2, -0.15) is 5.10 Å². The van der Waals surface area contributed by atoms with E-state index in [0.29, 0.717) is 11.4 Å². The fourth-order valence-corrected chi connectivity index (χ4v) is 1.80. The Balaban J connectivity index is 2.19. The minimum absolute atomic E-state index is 0.517. The van der Waals surface area contributed by atoms with Crippen LogP contribution in [0, 0.1) is 0 Å². The molecule has 0 saturated carbocycles. The molecule has 0 aliphatic carbocycles. The van der Waals surface area contributed by atoms with Crippen LogP contribution in [0.25, 0.3) is 11.1 Å². The van der Waals surface area contributed by atoms with Crippen LogP contribution in [0.15, 0.2) is 30.6 Å². The first-order chi connectivity index (χ1) is 9.89. The molecule has 0 aliphatic rings. The molecule has 6 nitrogen and oxygen atoms in total. The Kier molecular flexibility index (Phi) is 4.16. The summed E-state index contributed by atoms with van der Waals surface area (Å²) in [6.45, 7) is 5.43. The molecule has 1 aromatic heterocycles. The molecule has 6 heteroatoms. The van der Waals surface area contributed by atoms with E-state index in [2.05, 4.69) is 15.5 Å². The monoisotopic (exact) mass is 289 g/mol. The molecule has 2 aromatic rings. The number of anilines is 1. The van der Waals surface area contributed by atoms with Crippen molar-refractivity contribution in [1.82, 2.24) is 10.2 Å². The van der Waals surface area contributed by atoms with Crippen LogP contribution in [0.4, 0.5) is 10.5 Å². The number of nitrogens with one attached hydrogen (secondary N) is 2. The first kappa shape index (κ1) is 14.9. The fraction of sp³-hybridized carbons (Fsp3) is 0.333. The summed E-state index contributed by atoms with van der Waals surface area (Å²) in [4.78, 5) is 11.8. The quantitative estimate of drug-likeness (QED) is 0.907. The number of rotatable bonds is 3. The van der Waals surface area contributed by atoms with Gasteiger partial charge in [-0.3, -0.25) is 10.4 Å². The van der Waals surface area contributed by atoms with Gasteiger partial charge in [0.1, 0.15) is 11.4 Å². The smallest absolute Gasteiger partial charge is 0.412 e. The van der Waals surface area contributed by atoms with Crippen LogP contribution in [0.2, 0.25) is 0 Å². The van der Waals surface area contributed by atoms with Gasteiger partial charge in [0.2, 0.25) is 0 Å². The number of hydrogen-bond acceptors (Lipinski definition) is 4. The maximum absolute atomic E-state index is 11.8. The lowest BCUT2D eigenvalue weighted by Crippen LogP contribution is -2.27. The Labute approximate surface area is 123 Å². The third-order valence-electron chi connectivity index (χ3n) is 2.67. The van der Waals surface area contributed by atoms with E-state index < -0.39 is 11.7 Å². The number of ether oxygens (including phenoxy) is 2. The maximum atomic E-state index is 11.8. The molecule has 2 N–H and O–H groups in total. The van der Waals surface area contributed by atoms with Crippen LogP contribution >= 0.6 is 0 Å². The van der Waals surface area contributed by atoms with Crippen LogP contribution in [0.3, 0.4) is 0 Å². The third kappa shape index (κ3) is 3.98. The average Bonchev–Trinajstić information content (AvgIpc) is 2.90. The van der Waals surface area contributed by atoms with Crippen molar-refractivity contribution in [3.8, 4) is 16.9 Å². The zero-order valence-corrected chi connectivity index (χ0v) is 12.6. The third-order valence-corrected chi connectivity index (χ3v) is 2.67. The van der Waals surface area contributed by atoms with Crippen LogP contribution in [0.5, 0.6) is 5.75 Å². The summed E-state index contributed by atoms with van der Waals surface area (Å²) in [5.74, 6) is 0.555. The highest BCUT2D eigenvalue weighted by Crippen LogP contribution is 2.30. The normalized spacial score (nSPS) is 11.0. The number of carbonyl (C=O) groups excluding carboxylic acids is 1. The SMILES string of the molecule is COc1cc(-c2cn[nH]c2)ccc1NC(=O)OC(C)(C)C. The molecule has 2 rings (SSSR count). The number of aromatic nitrogens is 2. The van der Waals surface area contributed by atoms with Gasteiger partial charge in [-0.1, -0.05) is 6.07 Å². The lowest BCUT2D eigenvalue weighted by atomic mass is 10.1. The van der Waals surface area contributed by atoms with Crippen molar-refractivity contribution in [1.29, 1.82) is 0 Å². The predicted molar refractivity (Wildman–Crippen MR) is 80.4 cm³/mol. The van der Waals surface area contributed by atoms with E-state index in [1.54, 1.807) is 25.6 Å². The number of benzene rings is 1. The summed E-state index contributed by atoms with van der Waals surface area (Å²) in [5.41, 5.74) is 1.89. The summed E-state index contributed by atoms with van der Waals surface area (Å²) in [6.07, 6.45) is 2.99. The van der Waals surface area contributed by atoms with Crippen molar-refractivity contribution >= 4 is 11.8 Å². The van der Waals surface area contributed by atoms with Gasteiger partial charge in [-0.25, -0.2) is 4.79 Å². The minimum atomic E-state index is -0.548. The molecular formula is C15H19N3O3. The Hall–Kier alpha value is -2.50. The Morgan fingerprint density at radius 1 is 1.29 bits per heavy atom. The summed E-state index contributed by atoms with van der Waals surface area (Å²) < 4.78 is 10.5. The van der Waals surface area contributed by atoms with E-state index in [-0.39, 0.29) is 0 Å². The minimum Gasteiger partial charge on any atom is -0.495 e. The molecule has 0 spiro atoms. The second-order valence-electron chi connectivity index (χ2n) is 5.53. The number of H-pyrrole nitrogens is 1. The fourth-order valence-electron chi connectivity index (χ4n) is 1.80.